The van der Waals surface area contributed by atoms with Crippen molar-refractivity contribution in [3.8, 4) is 0 Å². The van der Waals surface area contributed by atoms with Gasteiger partial charge in [0.1, 0.15) is 7.05 Å². The first-order valence-corrected chi connectivity index (χ1v) is 6.47. The van der Waals surface area contributed by atoms with E-state index in [1.54, 1.807) is 0 Å². The van der Waals surface area contributed by atoms with Crippen molar-refractivity contribution in [1.82, 2.24) is 0 Å². The maximum Gasteiger partial charge on any atom is 0.187 e. The van der Waals surface area contributed by atoms with E-state index in [9.17, 15) is 0 Å². The van der Waals surface area contributed by atoms with Gasteiger partial charge in [-0.1, -0.05) is 12.2 Å². The van der Waals surface area contributed by atoms with Gasteiger partial charge in [0, 0.05) is 18.6 Å². The van der Waals surface area contributed by atoms with E-state index in [-0.39, 0.29) is 0 Å². The molecular formula is C11H13NS4. The first-order valence-electron chi connectivity index (χ1n) is 4.80. The second-order valence-electron chi connectivity index (χ2n) is 3.69. The van der Waals surface area contributed by atoms with Gasteiger partial charge < -0.3 is 24.8 Å². The van der Waals surface area contributed by atoms with Crippen LogP contribution in [0.3, 0.4) is 0 Å². The Morgan fingerprint density at radius 3 is 2.25 bits per heavy atom. The maximum absolute atomic E-state index is 5.02. The fourth-order valence-electron chi connectivity index (χ4n) is 1.59. The van der Waals surface area contributed by atoms with Gasteiger partial charge in [-0.05, 0) is 12.5 Å². The molecule has 0 spiro atoms. The average molecular weight is 288 g/mol. The molecule has 0 aliphatic rings. The Labute approximate surface area is 118 Å². The predicted molar refractivity (Wildman–Crippen MR) is 81.3 cm³/mol. The Bertz CT molecular complexity index is 403. The first-order chi connectivity index (χ1) is 7.40. The van der Waals surface area contributed by atoms with Gasteiger partial charge in [0.05, 0.1) is 10.6 Å². The van der Waals surface area contributed by atoms with Gasteiger partial charge in [0.25, 0.3) is 0 Å². The molecular weight excluding hydrogens is 274 g/mol. The van der Waals surface area contributed by atoms with Gasteiger partial charge >= 0.3 is 0 Å². The largest absolute Gasteiger partial charge is 0.432 e. The van der Waals surface area contributed by atoms with E-state index in [0.717, 1.165) is 11.4 Å². The van der Waals surface area contributed by atoms with Crippen molar-refractivity contribution in [2.75, 3.05) is 0 Å². The third kappa shape index (κ3) is 4.05. The molecule has 86 valence electrons. The van der Waals surface area contributed by atoms with Crippen LogP contribution in [0.5, 0.6) is 0 Å². The van der Waals surface area contributed by atoms with Crippen molar-refractivity contribution < 1.29 is 4.57 Å². The lowest BCUT2D eigenvalue weighted by Gasteiger charge is -2.08. The summed E-state index contributed by atoms with van der Waals surface area (Å²) in [5.74, 6) is 0. The molecule has 1 heterocycles. The van der Waals surface area contributed by atoms with Gasteiger partial charge in [-0.2, -0.15) is 0 Å². The average Bonchev–Trinajstić information content (AvgIpc) is 2.11. The molecule has 0 aliphatic carbocycles. The lowest BCUT2D eigenvalue weighted by Crippen LogP contribution is -2.39. The van der Waals surface area contributed by atoms with E-state index in [1.807, 2.05) is 7.05 Å². The number of hydrogen-bond donors (Lipinski definition) is 1. The Morgan fingerprint density at radius 1 is 1.31 bits per heavy atom. The molecule has 0 saturated heterocycles. The van der Waals surface area contributed by atoms with E-state index in [4.69, 9.17) is 37.1 Å². The Kier molecular flexibility index (Phi) is 5.24. The molecule has 0 unspecified atom stereocenters. The second-order valence-corrected chi connectivity index (χ2v) is 6.27. The van der Waals surface area contributed by atoms with E-state index in [1.165, 1.54) is 5.56 Å². The maximum atomic E-state index is 5.02. The van der Waals surface area contributed by atoms with Gasteiger partial charge in [-0.15, -0.1) is 16.8 Å². The number of aryl methyl sites for hydroxylation is 1. The molecule has 0 fully saturated rings. The summed E-state index contributed by atoms with van der Waals surface area (Å²) in [6, 6.07) is 4.21. The normalized spacial score (nSPS) is 10.2. The molecule has 0 amide bonds. The van der Waals surface area contributed by atoms with Gasteiger partial charge in [0.2, 0.25) is 0 Å². The van der Waals surface area contributed by atoms with Crippen LogP contribution in [0.15, 0.2) is 12.1 Å². The summed E-state index contributed by atoms with van der Waals surface area (Å²) in [6.07, 6.45) is 1.34. The third-order valence-corrected chi connectivity index (χ3v) is 2.90. The van der Waals surface area contributed by atoms with Crippen molar-refractivity contribution in [2.24, 2.45) is 7.05 Å². The predicted octanol–water partition coefficient (Wildman–Crippen LogP) is 2.04. The summed E-state index contributed by atoms with van der Waals surface area (Å²) in [4.78, 5) is 0. The minimum atomic E-state index is 0.584. The van der Waals surface area contributed by atoms with Crippen LogP contribution in [-0.2, 0) is 32.5 Å². The number of pyridine rings is 1. The summed E-state index contributed by atoms with van der Waals surface area (Å²) in [7, 11) is 2.00. The van der Waals surface area contributed by atoms with Crippen LogP contribution in [-0.4, -0.2) is 8.39 Å². The summed E-state index contributed by atoms with van der Waals surface area (Å²) in [5.41, 5.74) is 3.46. The first kappa shape index (κ1) is 14.0. The number of thiocarbonyl (C=S) groups is 2. The van der Waals surface area contributed by atoms with Crippen LogP contribution >= 0.6 is 37.1 Å². The summed E-state index contributed by atoms with van der Waals surface area (Å²) < 4.78 is 3.36. The topological polar surface area (TPSA) is 3.88 Å². The zero-order valence-electron chi connectivity index (χ0n) is 9.19. The van der Waals surface area contributed by atoms with Crippen molar-refractivity contribution in [3.05, 3.63) is 29.1 Å². The van der Waals surface area contributed by atoms with Crippen molar-refractivity contribution in [1.29, 1.82) is 0 Å². The van der Waals surface area contributed by atoms with Crippen molar-refractivity contribution in [2.45, 2.75) is 19.8 Å². The molecule has 0 bridgehead atoms. The highest BCUT2D eigenvalue weighted by Crippen LogP contribution is 2.07. The van der Waals surface area contributed by atoms with E-state index in [0.29, 0.717) is 21.2 Å². The summed E-state index contributed by atoms with van der Waals surface area (Å²) in [6.45, 7) is 2.06. The molecule has 0 saturated carbocycles. The second kappa shape index (κ2) is 6.00. The molecule has 0 N–H and O–H groups in total. The third-order valence-electron chi connectivity index (χ3n) is 2.31. The highest BCUT2D eigenvalue weighted by atomic mass is 32.1. The fourth-order valence-corrected chi connectivity index (χ4v) is 2.19. The van der Waals surface area contributed by atoms with Gasteiger partial charge in [-0.3, -0.25) is 0 Å². The number of rotatable bonds is 4. The van der Waals surface area contributed by atoms with E-state index < -0.39 is 0 Å². The highest BCUT2D eigenvalue weighted by molar-refractivity contribution is 8.11. The van der Waals surface area contributed by atoms with Crippen molar-refractivity contribution >= 4 is 58.1 Å². The van der Waals surface area contributed by atoms with Crippen LogP contribution in [0.4, 0.5) is 0 Å². The smallest absolute Gasteiger partial charge is 0.187 e. The Balaban J connectivity index is 3.14. The van der Waals surface area contributed by atoms with E-state index in [2.05, 4.69) is 36.3 Å². The zero-order valence-corrected chi connectivity index (χ0v) is 12.5. The number of hydrogen-bond acceptors (Lipinski definition) is 3. The minimum absolute atomic E-state index is 0.584. The van der Waals surface area contributed by atoms with Gasteiger partial charge in [0.15, 0.2) is 11.4 Å². The highest BCUT2D eigenvalue weighted by Gasteiger charge is 2.14. The zero-order chi connectivity index (χ0) is 12.3. The molecule has 5 heteroatoms. The molecule has 0 radical (unpaired) electrons. The SMILES string of the molecule is Cc1cc(CC(=S)[S-])[n+](C)c(CC(=S)S)c1. The molecule has 0 aliphatic heterocycles. The number of thiol groups is 1. The molecule has 1 aromatic rings. The Morgan fingerprint density at radius 2 is 1.81 bits per heavy atom. The van der Waals surface area contributed by atoms with Crippen LogP contribution in [0.25, 0.3) is 0 Å². The minimum Gasteiger partial charge on any atom is -0.432 e. The summed E-state index contributed by atoms with van der Waals surface area (Å²) in [5, 5.41) is 0. The monoisotopic (exact) mass is 287 g/mol. The summed E-state index contributed by atoms with van der Waals surface area (Å²) >= 11 is 19.1. The van der Waals surface area contributed by atoms with E-state index >= 15 is 0 Å². The molecule has 16 heavy (non-hydrogen) atoms. The molecule has 1 rings (SSSR count). The van der Waals surface area contributed by atoms with Crippen LogP contribution in [0, 0.1) is 6.92 Å². The lowest BCUT2D eigenvalue weighted by molar-refractivity contribution is -0.685. The van der Waals surface area contributed by atoms with Crippen molar-refractivity contribution in [3.63, 3.8) is 0 Å². The van der Waals surface area contributed by atoms with Gasteiger partial charge in [-0.25, -0.2) is 4.57 Å². The Hall–Kier alpha value is -0.100. The lowest BCUT2D eigenvalue weighted by atomic mass is 10.1. The standard InChI is InChI=1S/C11H13NS4/c1-7-3-8(5-10(13)14)12(2)9(4-7)6-11(15)16/h3-4H,5-6H2,1-2H3,(H-,13,14,15,16). The number of nitrogens with zero attached hydrogens (tertiary/aromatic N) is 1. The molecule has 0 aromatic carbocycles. The molecule has 1 aromatic heterocycles. The molecule has 0 atom stereocenters. The van der Waals surface area contributed by atoms with Crippen LogP contribution < -0.4 is 4.57 Å². The number of aromatic nitrogens is 1. The van der Waals surface area contributed by atoms with Crippen LogP contribution in [0.2, 0.25) is 0 Å². The fraction of sp³-hybridized carbons (Fsp3) is 0.364. The quantitative estimate of drug-likeness (QED) is 0.391. The van der Waals surface area contributed by atoms with Crippen LogP contribution in [0.1, 0.15) is 17.0 Å². The molecule has 1 nitrogen and oxygen atoms in total.